The summed E-state index contributed by atoms with van der Waals surface area (Å²) in [6, 6.07) is 12.2. The minimum absolute atomic E-state index is 0.0847. The lowest BCUT2D eigenvalue weighted by molar-refractivity contribution is -0.132. The summed E-state index contributed by atoms with van der Waals surface area (Å²) in [5.41, 5.74) is 5.73. The molecule has 1 aromatic carbocycles. The maximum atomic E-state index is 12.1. The van der Waals surface area contributed by atoms with Gasteiger partial charge in [-0.15, -0.1) is 11.8 Å². The zero-order valence-electron chi connectivity index (χ0n) is 16.7. The Morgan fingerprint density at radius 1 is 1.31 bits per heavy atom. The molecule has 0 aromatic heterocycles. The lowest BCUT2D eigenvalue weighted by Crippen LogP contribution is -2.50. The van der Waals surface area contributed by atoms with Crippen LogP contribution in [0.2, 0.25) is 0 Å². The van der Waals surface area contributed by atoms with Crippen molar-refractivity contribution in [1.82, 2.24) is 4.90 Å². The summed E-state index contributed by atoms with van der Waals surface area (Å²) in [7, 11) is 0. The average molecular weight is 409 g/mol. The molecule has 0 amide bonds. The second-order valence-corrected chi connectivity index (χ2v) is 8.57. The highest BCUT2D eigenvalue weighted by Crippen LogP contribution is 2.54. The largest absolute Gasteiger partial charge is 0.478 e. The second-order valence-electron chi connectivity index (χ2n) is 7.69. The Kier molecular flexibility index (Phi) is 5.75. The van der Waals surface area contributed by atoms with E-state index in [1.54, 1.807) is 11.8 Å². The van der Waals surface area contributed by atoms with E-state index < -0.39 is 17.3 Å². The Morgan fingerprint density at radius 2 is 1.93 bits per heavy atom. The third-order valence-electron chi connectivity index (χ3n) is 6.00. The van der Waals surface area contributed by atoms with Crippen LogP contribution in [0.15, 0.2) is 52.1 Å². The normalized spacial score (nSPS) is 23.7. The number of thioether (sulfide) groups is 1. The molecule has 3 N–H and O–H groups in total. The van der Waals surface area contributed by atoms with E-state index in [-0.39, 0.29) is 23.2 Å². The Hall–Kier alpha value is -2.74. The summed E-state index contributed by atoms with van der Waals surface area (Å²) in [5, 5.41) is 30.0. The summed E-state index contributed by atoms with van der Waals surface area (Å²) in [6.07, 6.45) is 3.87. The number of nitrogens with zero attached hydrogens (tertiary/aromatic N) is 3. The summed E-state index contributed by atoms with van der Waals surface area (Å²) >= 11 is 1.61. The van der Waals surface area contributed by atoms with Crippen molar-refractivity contribution in [3.05, 3.63) is 52.7 Å². The zero-order chi connectivity index (χ0) is 21.3. The van der Waals surface area contributed by atoms with E-state index in [1.807, 2.05) is 36.6 Å². The van der Waals surface area contributed by atoms with Crippen LogP contribution in [0.25, 0.3) is 0 Å². The van der Waals surface area contributed by atoms with Gasteiger partial charge < -0.3 is 10.8 Å². The first-order valence-electron chi connectivity index (χ1n) is 9.45. The molecule has 1 heterocycles. The van der Waals surface area contributed by atoms with Crippen LogP contribution in [0.5, 0.6) is 0 Å². The summed E-state index contributed by atoms with van der Waals surface area (Å²) < 4.78 is 0. The highest BCUT2D eigenvalue weighted by Gasteiger charge is 2.55. The molecular weight excluding hydrogens is 384 g/mol. The lowest BCUT2D eigenvalue weighted by Gasteiger charge is -2.46. The SMILES string of the molecule is CSc1ccc([C@H]2[C@@H]3CN(C(C)C)CC=C3C(C(=O)O)=C(N)C2(C#N)C#N)cc1. The van der Waals surface area contributed by atoms with Crippen molar-refractivity contribution in [1.29, 1.82) is 10.5 Å². The van der Waals surface area contributed by atoms with Crippen molar-refractivity contribution in [3.8, 4) is 12.1 Å². The zero-order valence-corrected chi connectivity index (χ0v) is 17.5. The van der Waals surface area contributed by atoms with Gasteiger partial charge in [0.05, 0.1) is 23.4 Å². The fraction of sp³-hybridized carbons (Fsp3) is 0.409. The average Bonchev–Trinajstić information content (AvgIpc) is 2.72. The maximum absolute atomic E-state index is 12.1. The van der Waals surface area contributed by atoms with Crippen molar-refractivity contribution in [2.45, 2.75) is 30.7 Å². The number of hydrogen-bond acceptors (Lipinski definition) is 6. The van der Waals surface area contributed by atoms with Gasteiger partial charge in [0.2, 0.25) is 0 Å². The molecule has 0 fully saturated rings. The fourth-order valence-corrected chi connectivity index (χ4v) is 4.83. The maximum Gasteiger partial charge on any atom is 0.337 e. The number of carboxylic acids is 1. The van der Waals surface area contributed by atoms with Gasteiger partial charge in [-0.05, 0) is 43.4 Å². The first-order chi connectivity index (χ1) is 13.8. The molecule has 0 radical (unpaired) electrons. The predicted octanol–water partition coefficient (Wildman–Crippen LogP) is 3.10. The molecule has 2 atom stereocenters. The minimum Gasteiger partial charge on any atom is -0.478 e. The molecule has 0 unspecified atom stereocenters. The van der Waals surface area contributed by atoms with Gasteiger partial charge in [0.25, 0.3) is 0 Å². The van der Waals surface area contributed by atoms with Gasteiger partial charge in [0.15, 0.2) is 5.41 Å². The fourth-order valence-electron chi connectivity index (χ4n) is 4.43. The molecular formula is C22H24N4O2S. The van der Waals surface area contributed by atoms with E-state index in [0.29, 0.717) is 18.7 Å². The van der Waals surface area contributed by atoms with Crippen LogP contribution in [0.1, 0.15) is 25.3 Å². The minimum atomic E-state index is -1.74. The van der Waals surface area contributed by atoms with Crippen molar-refractivity contribution < 1.29 is 9.90 Å². The van der Waals surface area contributed by atoms with E-state index >= 15 is 0 Å². The van der Waals surface area contributed by atoms with Crippen molar-refractivity contribution in [2.24, 2.45) is 17.1 Å². The number of hydrogen-bond donors (Lipinski definition) is 2. The van der Waals surface area contributed by atoms with Crippen molar-refractivity contribution in [2.75, 3.05) is 19.3 Å². The number of aliphatic carboxylic acids is 1. The van der Waals surface area contributed by atoms with Crippen LogP contribution < -0.4 is 5.73 Å². The van der Waals surface area contributed by atoms with Gasteiger partial charge in [-0.25, -0.2) is 4.79 Å². The Morgan fingerprint density at radius 3 is 2.41 bits per heavy atom. The number of carbonyl (C=O) groups is 1. The molecule has 1 aliphatic carbocycles. The molecule has 3 rings (SSSR count). The number of benzene rings is 1. The first-order valence-corrected chi connectivity index (χ1v) is 10.7. The molecule has 6 nitrogen and oxygen atoms in total. The monoisotopic (exact) mass is 408 g/mol. The van der Waals surface area contributed by atoms with Crippen molar-refractivity contribution in [3.63, 3.8) is 0 Å². The topological polar surface area (TPSA) is 114 Å². The number of rotatable bonds is 4. The third kappa shape index (κ3) is 3.31. The van der Waals surface area contributed by atoms with Gasteiger partial charge in [-0.2, -0.15) is 10.5 Å². The van der Waals surface area contributed by atoms with Crippen LogP contribution in [-0.4, -0.2) is 41.4 Å². The Balaban J connectivity index is 2.29. The Labute approximate surface area is 175 Å². The molecule has 0 spiro atoms. The van der Waals surface area contributed by atoms with Gasteiger partial charge in [0, 0.05) is 35.9 Å². The van der Waals surface area contributed by atoms with Gasteiger partial charge in [-0.3, -0.25) is 4.90 Å². The van der Waals surface area contributed by atoms with Crippen LogP contribution >= 0.6 is 11.8 Å². The van der Waals surface area contributed by atoms with E-state index in [4.69, 9.17) is 5.73 Å². The standard InChI is InChI=1S/C22H24N4O2S/c1-13(2)26-9-8-16-17(10-26)19(14-4-6-15(29-3)7-5-14)22(11-23,12-24)20(25)18(16)21(27)28/h4-8,13,17,19H,9-10,25H2,1-3H3,(H,27,28)/t17-,19+/m1/s1. The summed E-state index contributed by atoms with van der Waals surface area (Å²) in [5.74, 6) is -2.06. The van der Waals surface area contributed by atoms with Crippen molar-refractivity contribution >= 4 is 17.7 Å². The van der Waals surface area contributed by atoms with Gasteiger partial charge in [-0.1, -0.05) is 18.2 Å². The molecule has 1 aliphatic heterocycles. The number of fused-ring (bicyclic) bond motifs is 1. The third-order valence-corrected chi connectivity index (χ3v) is 6.74. The second kappa shape index (κ2) is 7.94. The number of nitriles is 2. The predicted molar refractivity (Wildman–Crippen MR) is 112 cm³/mol. The summed E-state index contributed by atoms with van der Waals surface area (Å²) in [6.45, 7) is 5.33. The van der Waals surface area contributed by atoms with E-state index in [0.717, 1.165) is 10.5 Å². The molecule has 0 saturated carbocycles. The number of allylic oxidation sites excluding steroid dienone is 1. The highest BCUT2D eigenvalue weighted by molar-refractivity contribution is 7.98. The highest BCUT2D eigenvalue weighted by atomic mass is 32.2. The van der Waals surface area contributed by atoms with Crippen LogP contribution in [0.3, 0.4) is 0 Å². The van der Waals surface area contributed by atoms with Crippen LogP contribution in [0, 0.1) is 34.0 Å². The number of nitrogens with two attached hydrogens (primary N) is 1. The number of carboxylic acid groups (broad SMARTS) is 1. The Bertz CT molecular complexity index is 952. The van der Waals surface area contributed by atoms with Crippen LogP contribution in [-0.2, 0) is 4.79 Å². The molecule has 7 heteroatoms. The molecule has 2 aliphatic rings. The van der Waals surface area contributed by atoms with Gasteiger partial charge >= 0.3 is 5.97 Å². The molecule has 0 saturated heterocycles. The quantitative estimate of drug-likeness (QED) is 0.736. The summed E-state index contributed by atoms with van der Waals surface area (Å²) in [4.78, 5) is 15.4. The van der Waals surface area contributed by atoms with E-state index in [9.17, 15) is 20.4 Å². The smallest absolute Gasteiger partial charge is 0.337 e. The van der Waals surface area contributed by atoms with E-state index in [1.165, 1.54) is 0 Å². The molecule has 29 heavy (non-hydrogen) atoms. The van der Waals surface area contributed by atoms with Crippen LogP contribution in [0.4, 0.5) is 0 Å². The molecule has 0 bridgehead atoms. The van der Waals surface area contributed by atoms with Gasteiger partial charge in [0.1, 0.15) is 0 Å². The van der Waals surface area contributed by atoms with E-state index in [2.05, 4.69) is 30.9 Å². The first kappa shape index (κ1) is 21.0. The molecule has 150 valence electrons. The molecule has 1 aromatic rings. The lowest BCUT2D eigenvalue weighted by atomic mass is 9.58.